The highest BCUT2D eigenvalue weighted by Gasteiger charge is 2.28. The lowest BCUT2D eigenvalue weighted by molar-refractivity contribution is 0.123. The van der Waals surface area contributed by atoms with Crippen molar-refractivity contribution in [3.05, 3.63) is 76.2 Å². The molecule has 0 saturated carbocycles. The molecule has 0 spiro atoms. The molecule has 1 aromatic heterocycles. The largest absolute Gasteiger partial charge is 0.378 e. The number of anilines is 1. The van der Waals surface area contributed by atoms with Crippen molar-refractivity contribution in [3.8, 4) is 0 Å². The molecule has 176 valence electrons. The van der Waals surface area contributed by atoms with Crippen molar-refractivity contribution < 1.29 is 4.74 Å². The van der Waals surface area contributed by atoms with Crippen molar-refractivity contribution in [2.24, 2.45) is 15.2 Å². The number of para-hydroxylation sites is 1. The predicted octanol–water partition coefficient (Wildman–Crippen LogP) is 5.01. The number of aryl methyl sites for hydroxylation is 1. The van der Waals surface area contributed by atoms with Gasteiger partial charge in [0, 0.05) is 18.3 Å². The second-order valence-corrected chi connectivity index (χ2v) is 9.92. The van der Waals surface area contributed by atoms with Crippen LogP contribution in [0.2, 0.25) is 0 Å². The lowest BCUT2D eigenvalue weighted by Gasteiger charge is -2.29. The molecule has 34 heavy (non-hydrogen) atoms. The Morgan fingerprint density at radius 1 is 1.09 bits per heavy atom. The number of benzene rings is 2. The maximum atomic E-state index is 13.1. The Morgan fingerprint density at radius 2 is 1.82 bits per heavy atom. The standard InChI is InChI=1S/C25H28N6O2S/c1-17-23(28-27-20-10-6-7-11-21(20)30-12-14-33-15-13-30)25(32)31(29-17)16-22-26-24(18(2)34-22)19-8-4-3-5-9-19/h3-11,18,24,29H,12-16H2,1-2H3/t18?,24-/m1/s1. The van der Waals surface area contributed by atoms with Gasteiger partial charge in [0.05, 0.1) is 42.2 Å². The molecule has 2 aromatic carbocycles. The van der Waals surface area contributed by atoms with Gasteiger partial charge in [0.15, 0.2) is 5.69 Å². The zero-order valence-electron chi connectivity index (χ0n) is 19.3. The quantitative estimate of drug-likeness (QED) is 0.507. The van der Waals surface area contributed by atoms with Gasteiger partial charge in [-0.2, -0.15) is 0 Å². The third kappa shape index (κ3) is 4.71. The van der Waals surface area contributed by atoms with E-state index in [9.17, 15) is 4.79 Å². The van der Waals surface area contributed by atoms with Crippen LogP contribution in [0.4, 0.5) is 17.1 Å². The minimum absolute atomic E-state index is 0.101. The summed E-state index contributed by atoms with van der Waals surface area (Å²) in [5.41, 5.74) is 3.76. The highest BCUT2D eigenvalue weighted by Crippen LogP contribution is 2.37. The van der Waals surface area contributed by atoms with Crippen molar-refractivity contribution in [1.29, 1.82) is 0 Å². The summed E-state index contributed by atoms with van der Waals surface area (Å²) < 4.78 is 7.04. The number of thioether (sulfide) groups is 1. The molecule has 0 radical (unpaired) electrons. The summed E-state index contributed by atoms with van der Waals surface area (Å²) in [7, 11) is 0. The summed E-state index contributed by atoms with van der Waals surface area (Å²) in [5.74, 6) is 0. The van der Waals surface area contributed by atoms with Crippen LogP contribution < -0.4 is 10.5 Å². The number of hydrogen-bond acceptors (Lipinski definition) is 7. The van der Waals surface area contributed by atoms with Crippen LogP contribution in [0.15, 0.2) is 74.6 Å². The molecular formula is C25H28N6O2S. The molecule has 2 atom stereocenters. The summed E-state index contributed by atoms with van der Waals surface area (Å²) in [4.78, 5) is 20.2. The number of H-pyrrole nitrogens is 1. The molecule has 1 unspecified atom stereocenters. The number of aromatic amines is 1. The summed E-state index contributed by atoms with van der Waals surface area (Å²) in [6, 6.07) is 18.3. The van der Waals surface area contributed by atoms with Crippen LogP contribution in [0, 0.1) is 6.92 Å². The maximum Gasteiger partial charge on any atom is 0.294 e. The highest BCUT2D eigenvalue weighted by molar-refractivity contribution is 8.14. The Bertz CT molecular complexity index is 1260. The van der Waals surface area contributed by atoms with Crippen LogP contribution in [0.25, 0.3) is 0 Å². The maximum absolute atomic E-state index is 13.1. The predicted molar refractivity (Wildman–Crippen MR) is 137 cm³/mol. The summed E-state index contributed by atoms with van der Waals surface area (Å²) in [5, 5.41) is 13.2. The van der Waals surface area contributed by atoms with E-state index in [2.05, 4.69) is 39.3 Å². The van der Waals surface area contributed by atoms with Gasteiger partial charge in [-0.15, -0.1) is 22.0 Å². The molecule has 2 aliphatic heterocycles. The molecule has 8 nitrogen and oxygen atoms in total. The molecular weight excluding hydrogens is 448 g/mol. The first-order chi connectivity index (χ1) is 16.6. The first-order valence-corrected chi connectivity index (χ1v) is 12.4. The summed E-state index contributed by atoms with van der Waals surface area (Å²) in [6.45, 7) is 7.43. The van der Waals surface area contributed by atoms with Gasteiger partial charge in [0.25, 0.3) is 5.56 Å². The van der Waals surface area contributed by atoms with Crippen molar-refractivity contribution >= 4 is 33.9 Å². The molecule has 5 rings (SSSR count). The number of rotatable bonds is 6. The van der Waals surface area contributed by atoms with E-state index < -0.39 is 0 Å². The lowest BCUT2D eigenvalue weighted by atomic mass is 10.1. The Morgan fingerprint density at radius 3 is 2.62 bits per heavy atom. The van der Waals surface area contributed by atoms with E-state index >= 15 is 0 Å². The van der Waals surface area contributed by atoms with Crippen LogP contribution in [0.1, 0.15) is 24.2 Å². The zero-order valence-corrected chi connectivity index (χ0v) is 20.2. The topological polar surface area (TPSA) is 87.3 Å². The minimum Gasteiger partial charge on any atom is -0.378 e. The van der Waals surface area contributed by atoms with E-state index in [-0.39, 0.29) is 11.6 Å². The van der Waals surface area contributed by atoms with Gasteiger partial charge in [-0.1, -0.05) is 49.4 Å². The number of aliphatic imine (C=N–C) groups is 1. The fourth-order valence-corrected chi connectivity index (χ4v) is 5.48. The highest BCUT2D eigenvalue weighted by atomic mass is 32.2. The van der Waals surface area contributed by atoms with E-state index in [0.717, 1.165) is 29.5 Å². The van der Waals surface area contributed by atoms with Crippen molar-refractivity contribution in [2.45, 2.75) is 31.7 Å². The molecule has 3 aromatic rings. The van der Waals surface area contributed by atoms with Gasteiger partial charge in [-0.05, 0) is 24.6 Å². The minimum atomic E-state index is -0.191. The Balaban J connectivity index is 1.36. The number of aromatic nitrogens is 2. The average Bonchev–Trinajstić information content (AvgIpc) is 3.37. The van der Waals surface area contributed by atoms with Gasteiger partial charge in [-0.25, -0.2) is 4.68 Å². The average molecular weight is 477 g/mol. The van der Waals surface area contributed by atoms with Crippen molar-refractivity contribution in [3.63, 3.8) is 0 Å². The van der Waals surface area contributed by atoms with Crippen LogP contribution in [-0.2, 0) is 11.3 Å². The third-order valence-corrected chi connectivity index (χ3v) is 7.22. The zero-order chi connectivity index (χ0) is 23.5. The van der Waals surface area contributed by atoms with Gasteiger partial charge in [-0.3, -0.25) is 14.9 Å². The molecule has 3 heterocycles. The van der Waals surface area contributed by atoms with Crippen LogP contribution in [0.5, 0.6) is 0 Å². The van der Waals surface area contributed by atoms with Crippen LogP contribution >= 0.6 is 11.8 Å². The molecule has 0 aliphatic carbocycles. The first kappa shape index (κ1) is 22.6. The third-order valence-electron chi connectivity index (χ3n) is 6.08. The van der Waals surface area contributed by atoms with E-state index in [1.165, 1.54) is 5.56 Å². The summed E-state index contributed by atoms with van der Waals surface area (Å²) in [6.07, 6.45) is 0. The van der Waals surface area contributed by atoms with Gasteiger partial charge >= 0.3 is 0 Å². The molecule has 1 N–H and O–H groups in total. The van der Waals surface area contributed by atoms with E-state index in [1.807, 2.05) is 49.4 Å². The van der Waals surface area contributed by atoms with Crippen molar-refractivity contribution in [1.82, 2.24) is 9.78 Å². The second kappa shape index (κ2) is 9.99. The fraction of sp³-hybridized carbons (Fsp3) is 0.360. The second-order valence-electron chi connectivity index (χ2n) is 8.47. The number of azo groups is 1. The molecule has 2 aliphatic rings. The van der Waals surface area contributed by atoms with Gasteiger partial charge in [0.1, 0.15) is 5.69 Å². The Labute approximate surface area is 202 Å². The SMILES string of the molecule is Cc1[nH]n(CC2=N[C@@H](c3ccccc3)C(C)S2)c(=O)c1N=Nc1ccccc1N1CCOCC1. The van der Waals surface area contributed by atoms with Gasteiger partial charge < -0.3 is 9.64 Å². The smallest absolute Gasteiger partial charge is 0.294 e. The fourth-order valence-electron chi connectivity index (χ4n) is 4.33. The molecule has 1 saturated heterocycles. The van der Waals surface area contributed by atoms with E-state index in [1.54, 1.807) is 16.4 Å². The molecule has 9 heteroatoms. The lowest BCUT2D eigenvalue weighted by Crippen LogP contribution is -2.36. The monoisotopic (exact) mass is 476 g/mol. The Hall–Kier alpha value is -3.17. The van der Waals surface area contributed by atoms with Gasteiger partial charge in [0.2, 0.25) is 0 Å². The van der Waals surface area contributed by atoms with Crippen LogP contribution in [-0.4, -0.2) is 46.4 Å². The first-order valence-electron chi connectivity index (χ1n) is 11.5. The normalized spacial score (nSPS) is 20.8. The number of nitrogens with zero attached hydrogens (tertiary/aromatic N) is 5. The van der Waals surface area contributed by atoms with E-state index in [0.29, 0.717) is 36.4 Å². The molecule has 0 amide bonds. The van der Waals surface area contributed by atoms with Crippen molar-refractivity contribution in [2.75, 3.05) is 31.2 Å². The molecule has 0 bridgehead atoms. The van der Waals surface area contributed by atoms with E-state index in [4.69, 9.17) is 9.73 Å². The number of hydrogen-bond donors (Lipinski definition) is 1. The number of morpholine rings is 1. The van der Waals surface area contributed by atoms with Crippen LogP contribution in [0.3, 0.4) is 0 Å². The number of nitrogens with one attached hydrogen (secondary N) is 1. The Kier molecular flexibility index (Phi) is 6.64. The number of ether oxygens (including phenoxy) is 1. The molecule has 1 fully saturated rings. The summed E-state index contributed by atoms with van der Waals surface area (Å²) >= 11 is 1.72.